The largest absolute Gasteiger partial charge is 0.368 e. The molecule has 1 amide bonds. The van der Waals surface area contributed by atoms with Crippen LogP contribution in [0, 0.1) is 5.82 Å². The molecule has 0 aliphatic heterocycles. The molecule has 0 unspecified atom stereocenters. The first-order valence-corrected chi connectivity index (χ1v) is 8.87. The molecule has 0 fully saturated rings. The lowest BCUT2D eigenvalue weighted by atomic mass is 10.1. The molecule has 0 radical (unpaired) electrons. The zero-order valence-corrected chi connectivity index (χ0v) is 15.1. The highest BCUT2D eigenvalue weighted by Gasteiger charge is 2.10. The van der Waals surface area contributed by atoms with Crippen LogP contribution in [0.1, 0.15) is 28.5 Å². The Balaban J connectivity index is 1.56. The minimum Gasteiger partial charge on any atom is -0.368 e. The third kappa shape index (κ3) is 4.88. The summed E-state index contributed by atoms with van der Waals surface area (Å²) in [6.07, 6.45) is 1.36. The molecule has 0 aliphatic carbocycles. The van der Waals surface area contributed by atoms with Crippen molar-refractivity contribution in [3.63, 3.8) is 0 Å². The predicted molar refractivity (Wildman–Crippen MR) is 104 cm³/mol. The van der Waals surface area contributed by atoms with Crippen molar-refractivity contribution in [3.8, 4) is 0 Å². The van der Waals surface area contributed by atoms with E-state index in [0.29, 0.717) is 24.3 Å². The molecule has 2 aromatic carbocycles. The molecule has 0 aliphatic rings. The summed E-state index contributed by atoms with van der Waals surface area (Å²) in [5, 5.41) is 13.9. The Morgan fingerprint density at radius 1 is 0.963 bits per heavy atom. The number of carbonyl (C=O) groups is 1. The average Bonchev–Trinajstić information content (AvgIpc) is 2.70. The van der Waals surface area contributed by atoms with Gasteiger partial charge in [0, 0.05) is 12.2 Å². The highest BCUT2D eigenvalue weighted by molar-refractivity contribution is 6.03. The molecule has 0 saturated heterocycles. The van der Waals surface area contributed by atoms with Crippen molar-refractivity contribution in [3.05, 3.63) is 83.3 Å². The lowest BCUT2D eigenvalue weighted by Gasteiger charge is -2.09. The summed E-state index contributed by atoms with van der Waals surface area (Å²) < 4.78 is 13.6. The Bertz CT molecular complexity index is 912. The Morgan fingerprint density at radius 2 is 1.70 bits per heavy atom. The normalized spacial score (nSPS) is 10.4. The summed E-state index contributed by atoms with van der Waals surface area (Å²) in [6.45, 7) is 2.55. The van der Waals surface area contributed by atoms with Gasteiger partial charge in [-0.15, -0.1) is 10.2 Å². The number of hydrogen-bond donors (Lipinski definition) is 2. The summed E-state index contributed by atoms with van der Waals surface area (Å²) in [6, 6.07) is 17.6. The van der Waals surface area contributed by atoms with Gasteiger partial charge >= 0.3 is 0 Å². The van der Waals surface area contributed by atoms with Gasteiger partial charge < -0.3 is 10.6 Å². The molecular weight excluding hydrogens is 343 g/mol. The van der Waals surface area contributed by atoms with Crippen LogP contribution in [0.3, 0.4) is 0 Å². The van der Waals surface area contributed by atoms with Crippen molar-refractivity contribution in [1.82, 2.24) is 10.2 Å². The first-order valence-electron chi connectivity index (χ1n) is 8.87. The first kappa shape index (κ1) is 18.5. The molecule has 0 bridgehead atoms. The van der Waals surface area contributed by atoms with E-state index in [4.69, 9.17) is 0 Å². The van der Waals surface area contributed by atoms with Crippen molar-refractivity contribution in [2.45, 2.75) is 19.8 Å². The Labute approximate surface area is 157 Å². The summed E-state index contributed by atoms with van der Waals surface area (Å²) >= 11 is 0. The minimum atomic E-state index is -0.304. The number of aromatic nitrogens is 2. The number of amides is 1. The van der Waals surface area contributed by atoms with Gasteiger partial charge in [-0.05, 0) is 48.2 Å². The monoisotopic (exact) mass is 364 g/mol. The van der Waals surface area contributed by atoms with Crippen molar-refractivity contribution in [2.24, 2.45) is 0 Å². The van der Waals surface area contributed by atoms with Crippen LogP contribution < -0.4 is 10.6 Å². The maximum Gasteiger partial charge on any atom is 0.276 e. The van der Waals surface area contributed by atoms with Crippen LogP contribution in [-0.2, 0) is 12.8 Å². The Kier molecular flexibility index (Phi) is 6.10. The van der Waals surface area contributed by atoms with Gasteiger partial charge in [0.05, 0.1) is 0 Å². The number of carbonyl (C=O) groups excluding carboxylic acids is 1. The van der Waals surface area contributed by atoms with Crippen LogP contribution in [0.4, 0.5) is 15.9 Å². The Hall–Kier alpha value is -3.28. The fraction of sp³-hybridized carbons (Fsp3) is 0.190. The van der Waals surface area contributed by atoms with E-state index < -0.39 is 0 Å². The third-order valence-corrected chi connectivity index (χ3v) is 4.20. The van der Waals surface area contributed by atoms with Crippen LogP contribution in [0.15, 0.2) is 60.7 Å². The van der Waals surface area contributed by atoms with Gasteiger partial charge in [0.1, 0.15) is 11.6 Å². The highest BCUT2D eigenvalue weighted by atomic mass is 19.1. The van der Waals surface area contributed by atoms with E-state index in [1.54, 1.807) is 24.3 Å². The average molecular weight is 364 g/mol. The van der Waals surface area contributed by atoms with Crippen LogP contribution >= 0.6 is 0 Å². The SMILES string of the molecule is CCc1ccccc1NC(=O)c1ccc(NCCc2ccccc2F)nn1. The molecule has 0 spiro atoms. The van der Waals surface area contributed by atoms with E-state index in [9.17, 15) is 9.18 Å². The molecule has 0 saturated carbocycles. The van der Waals surface area contributed by atoms with E-state index >= 15 is 0 Å². The van der Waals surface area contributed by atoms with Crippen molar-refractivity contribution in [1.29, 1.82) is 0 Å². The Morgan fingerprint density at radius 3 is 2.41 bits per heavy atom. The molecule has 27 heavy (non-hydrogen) atoms. The second-order valence-electron chi connectivity index (χ2n) is 6.04. The molecule has 138 valence electrons. The van der Waals surface area contributed by atoms with E-state index in [2.05, 4.69) is 20.8 Å². The molecule has 0 atom stereocenters. The number of aryl methyl sites for hydroxylation is 1. The summed E-state index contributed by atoms with van der Waals surface area (Å²) in [5.74, 6) is 0.0166. The standard InChI is InChI=1S/C21H21FN4O/c1-2-15-7-4-6-10-18(15)24-21(27)19-11-12-20(26-25-19)23-14-13-16-8-3-5-9-17(16)22/h3-12H,2,13-14H2,1H3,(H,23,26)(H,24,27). The molecule has 6 heteroatoms. The van der Waals surface area contributed by atoms with Crippen molar-refractivity contribution < 1.29 is 9.18 Å². The fourth-order valence-corrected chi connectivity index (χ4v) is 2.71. The van der Waals surface area contributed by atoms with Gasteiger partial charge in [0.25, 0.3) is 5.91 Å². The van der Waals surface area contributed by atoms with Gasteiger partial charge in [-0.2, -0.15) is 0 Å². The smallest absolute Gasteiger partial charge is 0.276 e. The van der Waals surface area contributed by atoms with E-state index in [1.807, 2.05) is 37.3 Å². The van der Waals surface area contributed by atoms with Gasteiger partial charge in [-0.1, -0.05) is 43.3 Å². The molecule has 3 aromatic rings. The number of nitrogens with zero attached hydrogens (tertiary/aromatic N) is 2. The summed E-state index contributed by atoms with van der Waals surface area (Å²) in [5.41, 5.74) is 2.72. The lowest BCUT2D eigenvalue weighted by Crippen LogP contribution is -2.16. The van der Waals surface area contributed by atoms with Crippen LogP contribution in [-0.4, -0.2) is 22.6 Å². The van der Waals surface area contributed by atoms with Crippen molar-refractivity contribution >= 4 is 17.4 Å². The summed E-state index contributed by atoms with van der Waals surface area (Å²) in [4.78, 5) is 12.4. The van der Waals surface area contributed by atoms with Crippen LogP contribution in [0.5, 0.6) is 0 Å². The fourth-order valence-electron chi connectivity index (χ4n) is 2.71. The predicted octanol–water partition coefficient (Wildman–Crippen LogP) is 4.09. The van der Waals surface area contributed by atoms with Gasteiger partial charge in [-0.3, -0.25) is 4.79 Å². The van der Waals surface area contributed by atoms with Gasteiger partial charge in [0.15, 0.2) is 5.69 Å². The maximum absolute atomic E-state index is 13.6. The maximum atomic E-state index is 13.6. The molecule has 1 aromatic heterocycles. The van der Waals surface area contributed by atoms with Crippen LogP contribution in [0.25, 0.3) is 0 Å². The van der Waals surface area contributed by atoms with Gasteiger partial charge in [-0.25, -0.2) is 4.39 Å². The van der Waals surface area contributed by atoms with Crippen LogP contribution in [0.2, 0.25) is 0 Å². The number of nitrogens with one attached hydrogen (secondary N) is 2. The number of rotatable bonds is 7. The van der Waals surface area contributed by atoms with Gasteiger partial charge in [0.2, 0.25) is 0 Å². The quantitative estimate of drug-likeness (QED) is 0.663. The van der Waals surface area contributed by atoms with E-state index in [1.165, 1.54) is 6.07 Å². The van der Waals surface area contributed by atoms with Crippen molar-refractivity contribution in [2.75, 3.05) is 17.2 Å². The molecule has 1 heterocycles. The number of para-hydroxylation sites is 1. The summed E-state index contributed by atoms with van der Waals surface area (Å²) in [7, 11) is 0. The number of halogens is 1. The zero-order valence-electron chi connectivity index (χ0n) is 15.1. The molecule has 5 nitrogen and oxygen atoms in total. The minimum absolute atomic E-state index is 0.218. The highest BCUT2D eigenvalue weighted by Crippen LogP contribution is 2.16. The second kappa shape index (κ2) is 8.89. The molecular formula is C21H21FN4O. The first-order chi connectivity index (χ1) is 13.2. The molecule has 3 rings (SSSR count). The zero-order chi connectivity index (χ0) is 19.1. The lowest BCUT2D eigenvalue weighted by molar-refractivity contribution is 0.102. The van der Waals surface area contributed by atoms with E-state index in [0.717, 1.165) is 17.7 Å². The topological polar surface area (TPSA) is 66.9 Å². The second-order valence-corrected chi connectivity index (χ2v) is 6.04. The third-order valence-electron chi connectivity index (χ3n) is 4.20. The van der Waals surface area contributed by atoms with E-state index in [-0.39, 0.29) is 17.4 Å². The molecule has 2 N–H and O–H groups in total. The number of benzene rings is 2. The number of anilines is 2. The number of hydrogen-bond acceptors (Lipinski definition) is 4.